The van der Waals surface area contributed by atoms with Crippen molar-refractivity contribution in [3.8, 4) is 0 Å². The molecule has 0 saturated carbocycles. The van der Waals surface area contributed by atoms with Crippen LogP contribution >= 0.6 is 27.3 Å². The Hall–Kier alpha value is -1.40. The summed E-state index contributed by atoms with van der Waals surface area (Å²) < 4.78 is 0.913. The van der Waals surface area contributed by atoms with Crippen LogP contribution in [0.4, 0.5) is 10.8 Å². The normalized spacial score (nSPS) is 16.8. The van der Waals surface area contributed by atoms with Gasteiger partial charge in [0.15, 0.2) is 5.13 Å². The lowest BCUT2D eigenvalue weighted by molar-refractivity contribution is -0.116. The molecule has 0 aliphatic carbocycles. The molecule has 19 heavy (non-hydrogen) atoms. The molecule has 2 aromatic rings. The second kappa shape index (κ2) is 5.30. The van der Waals surface area contributed by atoms with Gasteiger partial charge in [0.25, 0.3) is 0 Å². The summed E-state index contributed by atoms with van der Waals surface area (Å²) >= 11 is 4.74. The van der Waals surface area contributed by atoms with E-state index in [1.54, 1.807) is 6.20 Å². The Balaban J connectivity index is 1.65. The zero-order valence-electron chi connectivity index (χ0n) is 10.0. The second-order valence-corrected chi connectivity index (χ2v) is 6.80. The zero-order chi connectivity index (χ0) is 13.2. The van der Waals surface area contributed by atoms with Gasteiger partial charge >= 0.3 is 0 Å². The number of hydrogen-bond acceptors (Lipinski definition) is 4. The Bertz CT molecular complexity index is 613. The van der Waals surface area contributed by atoms with Crippen LogP contribution in [0, 0.1) is 0 Å². The van der Waals surface area contributed by atoms with Gasteiger partial charge in [-0.3, -0.25) is 4.79 Å². The van der Waals surface area contributed by atoms with Crippen LogP contribution < -0.4 is 10.6 Å². The first kappa shape index (κ1) is 12.6. The van der Waals surface area contributed by atoms with Crippen LogP contribution in [0.3, 0.4) is 0 Å². The number of anilines is 2. The number of benzene rings is 1. The van der Waals surface area contributed by atoms with Crippen molar-refractivity contribution in [3.05, 3.63) is 39.8 Å². The highest BCUT2D eigenvalue weighted by atomic mass is 79.9. The number of aromatic nitrogens is 1. The maximum atomic E-state index is 12.0. The van der Waals surface area contributed by atoms with Crippen LogP contribution in [0.1, 0.15) is 17.9 Å². The quantitative estimate of drug-likeness (QED) is 0.901. The number of para-hydroxylation sites is 1. The van der Waals surface area contributed by atoms with E-state index in [-0.39, 0.29) is 11.8 Å². The van der Waals surface area contributed by atoms with E-state index >= 15 is 0 Å². The average molecular weight is 338 g/mol. The summed E-state index contributed by atoms with van der Waals surface area (Å²) in [5.41, 5.74) is 2.36. The summed E-state index contributed by atoms with van der Waals surface area (Å²) in [6.07, 6.45) is 2.16. The molecular formula is C13H12BrN3OS. The number of fused-ring (bicyclic) bond motifs is 1. The Morgan fingerprint density at radius 3 is 3.16 bits per heavy atom. The van der Waals surface area contributed by atoms with Gasteiger partial charge in [0.2, 0.25) is 5.91 Å². The topological polar surface area (TPSA) is 54.0 Å². The molecule has 98 valence electrons. The Labute approximate surface area is 123 Å². The van der Waals surface area contributed by atoms with Crippen molar-refractivity contribution in [3.63, 3.8) is 0 Å². The van der Waals surface area contributed by atoms with Crippen molar-refractivity contribution in [1.29, 1.82) is 0 Å². The van der Waals surface area contributed by atoms with Crippen molar-refractivity contribution in [2.45, 2.75) is 12.3 Å². The number of thiazole rings is 1. The maximum Gasteiger partial charge on any atom is 0.226 e. The van der Waals surface area contributed by atoms with Crippen LogP contribution in [0.5, 0.6) is 0 Å². The van der Waals surface area contributed by atoms with Crippen LogP contribution in [0.2, 0.25) is 0 Å². The lowest BCUT2D eigenvalue weighted by atomic mass is 9.98. The van der Waals surface area contributed by atoms with E-state index < -0.39 is 0 Å². The molecule has 6 heteroatoms. The highest BCUT2D eigenvalue weighted by Gasteiger charge is 2.24. The lowest BCUT2D eigenvalue weighted by Crippen LogP contribution is -2.16. The van der Waals surface area contributed by atoms with E-state index in [0.717, 1.165) is 16.0 Å². The molecule has 2 N–H and O–H groups in total. The van der Waals surface area contributed by atoms with Crippen LogP contribution in [0.25, 0.3) is 0 Å². The summed E-state index contributed by atoms with van der Waals surface area (Å²) in [5, 5.41) is 6.79. The van der Waals surface area contributed by atoms with E-state index in [4.69, 9.17) is 0 Å². The molecule has 1 amide bonds. The van der Waals surface area contributed by atoms with Crippen molar-refractivity contribution in [1.82, 2.24) is 4.98 Å². The summed E-state index contributed by atoms with van der Waals surface area (Å²) in [7, 11) is 0. The zero-order valence-corrected chi connectivity index (χ0v) is 12.4. The number of amides is 1. The first-order chi connectivity index (χ1) is 9.22. The minimum absolute atomic E-state index is 0.00496. The minimum atomic E-state index is 0.00496. The monoisotopic (exact) mass is 337 g/mol. The third-order valence-electron chi connectivity index (χ3n) is 3.10. The molecule has 0 fully saturated rings. The smallest absolute Gasteiger partial charge is 0.226 e. The SMILES string of the molecule is O=C(CC1CNc2ccccc21)Nc1ncc(Br)s1. The fourth-order valence-electron chi connectivity index (χ4n) is 2.25. The molecule has 4 nitrogen and oxygen atoms in total. The van der Waals surface area contributed by atoms with Crippen LogP contribution in [-0.2, 0) is 4.79 Å². The number of hydrogen-bond donors (Lipinski definition) is 2. The lowest BCUT2D eigenvalue weighted by Gasteiger charge is -2.09. The molecule has 1 unspecified atom stereocenters. The summed E-state index contributed by atoms with van der Waals surface area (Å²) in [6, 6.07) is 8.13. The second-order valence-electron chi connectivity index (χ2n) is 4.39. The van der Waals surface area contributed by atoms with Gasteiger partial charge in [0.05, 0.1) is 9.98 Å². The van der Waals surface area contributed by atoms with Gasteiger partial charge in [-0.2, -0.15) is 0 Å². The highest BCUT2D eigenvalue weighted by molar-refractivity contribution is 9.11. The molecule has 0 bridgehead atoms. The maximum absolute atomic E-state index is 12.0. The molecule has 1 aliphatic heterocycles. The third-order valence-corrected chi connectivity index (χ3v) is 4.49. The number of rotatable bonds is 3. The van der Waals surface area contributed by atoms with E-state index in [1.165, 1.54) is 16.9 Å². The van der Waals surface area contributed by atoms with Crippen molar-refractivity contribution in [2.24, 2.45) is 0 Å². The van der Waals surface area contributed by atoms with Gasteiger partial charge in [0, 0.05) is 24.6 Å². The number of carbonyl (C=O) groups is 1. The fourth-order valence-corrected chi connectivity index (χ4v) is 3.37. The molecule has 3 rings (SSSR count). The number of nitrogens with one attached hydrogen (secondary N) is 2. The van der Waals surface area contributed by atoms with E-state index in [2.05, 4.69) is 37.6 Å². The molecule has 1 aromatic heterocycles. The largest absolute Gasteiger partial charge is 0.384 e. The Kier molecular flexibility index (Phi) is 3.52. The van der Waals surface area contributed by atoms with Gasteiger partial charge in [-0.05, 0) is 27.6 Å². The molecule has 1 aromatic carbocycles. The number of nitrogens with zero attached hydrogens (tertiary/aromatic N) is 1. The molecule has 1 aliphatic rings. The highest BCUT2D eigenvalue weighted by Crippen LogP contribution is 2.33. The standard InChI is InChI=1S/C13H12BrN3OS/c14-11-7-16-13(19-11)17-12(18)5-8-6-15-10-4-2-1-3-9(8)10/h1-4,7-8,15H,5-6H2,(H,16,17,18). The van der Waals surface area contributed by atoms with Gasteiger partial charge in [-0.1, -0.05) is 29.5 Å². The molecule has 0 radical (unpaired) electrons. The molecular weight excluding hydrogens is 326 g/mol. The van der Waals surface area contributed by atoms with E-state index in [1.807, 2.05) is 18.2 Å². The fraction of sp³-hybridized carbons (Fsp3) is 0.231. The number of carbonyl (C=O) groups excluding carboxylic acids is 1. The van der Waals surface area contributed by atoms with Gasteiger partial charge in [-0.15, -0.1) is 0 Å². The first-order valence-electron chi connectivity index (χ1n) is 5.96. The van der Waals surface area contributed by atoms with Crippen LogP contribution in [-0.4, -0.2) is 17.4 Å². The average Bonchev–Trinajstić information content (AvgIpc) is 2.97. The summed E-state index contributed by atoms with van der Waals surface area (Å²) in [5.74, 6) is 0.241. The Morgan fingerprint density at radius 2 is 2.37 bits per heavy atom. The molecule has 0 spiro atoms. The molecule has 0 saturated heterocycles. The van der Waals surface area contributed by atoms with Gasteiger partial charge in [0.1, 0.15) is 0 Å². The van der Waals surface area contributed by atoms with E-state index in [9.17, 15) is 4.79 Å². The third kappa shape index (κ3) is 2.79. The van der Waals surface area contributed by atoms with E-state index in [0.29, 0.717) is 11.6 Å². The predicted molar refractivity (Wildman–Crippen MR) is 80.7 cm³/mol. The molecule has 1 atom stereocenters. The van der Waals surface area contributed by atoms with Gasteiger partial charge < -0.3 is 10.6 Å². The minimum Gasteiger partial charge on any atom is -0.384 e. The predicted octanol–water partition coefficient (Wildman–Crippen LogP) is 3.44. The van der Waals surface area contributed by atoms with Gasteiger partial charge in [-0.25, -0.2) is 4.98 Å². The van der Waals surface area contributed by atoms with Crippen molar-refractivity contribution in [2.75, 3.05) is 17.2 Å². The van der Waals surface area contributed by atoms with Crippen molar-refractivity contribution >= 4 is 44.0 Å². The summed E-state index contributed by atoms with van der Waals surface area (Å²) in [6.45, 7) is 0.814. The summed E-state index contributed by atoms with van der Waals surface area (Å²) in [4.78, 5) is 16.1. The van der Waals surface area contributed by atoms with Crippen LogP contribution in [0.15, 0.2) is 34.2 Å². The first-order valence-corrected chi connectivity index (χ1v) is 7.57. The number of halogens is 1. The molecule has 2 heterocycles. The van der Waals surface area contributed by atoms with Crippen molar-refractivity contribution < 1.29 is 4.79 Å². The Morgan fingerprint density at radius 1 is 1.53 bits per heavy atom.